The molecule has 2 bridgehead atoms. The van der Waals surface area contributed by atoms with Gasteiger partial charge in [0.05, 0.1) is 23.8 Å². The highest BCUT2D eigenvalue weighted by molar-refractivity contribution is 5.42. The zero-order valence-electron chi connectivity index (χ0n) is 12.2. The summed E-state index contributed by atoms with van der Waals surface area (Å²) >= 11 is 0. The van der Waals surface area contributed by atoms with Crippen molar-refractivity contribution in [1.29, 1.82) is 0 Å². The van der Waals surface area contributed by atoms with Crippen molar-refractivity contribution in [2.75, 3.05) is 5.32 Å². The summed E-state index contributed by atoms with van der Waals surface area (Å²) in [6.45, 7) is 0. The number of aromatic nitrogens is 2. The van der Waals surface area contributed by atoms with Crippen LogP contribution in [-0.2, 0) is 4.74 Å². The van der Waals surface area contributed by atoms with Crippen molar-refractivity contribution >= 4 is 5.95 Å². The minimum Gasteiger partial charge on any atom is -0.373 e. The van der Waals surface area contributed by atoms with Crippen molar-refractivity contribution in [3.8, 4) is 11.8 Å². The molecule has 0 amide bonds. The molecule has 0 radical (unpaired) electrons. The summed E-state index contributed by atoms with van der Waals surface area (Å²) in [5, 5.41) is 3.38. The lowest BCUT2D eigenvalue weighted by molar-refractivity contribution is 0.102. The Hall–Kier alpha value is -2.38. The van der Waals surface area contributed by atoms with Crippen LogP contribution in [0.3, 0.4) is 0 Å². The summed E-state index contributed by atoms with van der Waals surface area (Å²) in [7, 11) is 0. The fourth-order valence-corrected chi connectivity index (χ4v) is 3.09. The molecule has 22 heavy (non-hydrogen) atoms. The van der Waals surface area contributed by atoms with Crippen molar-refractivity contribution < 1.29 is 4.74 Å². The summed E-state index contributed by atoms with van der Waals surface area (Å²) in [5.74, 6) is 6.85. The standard InChI is InChI=1S/C18H17N3O/c1-2-4-13(5-3-1)6-7-14-11-19-18(20-12-14)21-16-10-15-8-9-17(16)22-15/h1-5,11-12,15-17H,8-10H2,(H,19,20,21)/t15-,16-,17+/m0/s1. The lowest BCUT2D eigenvalue weighted by Gasteiger charge is -2.19. The number of anilines is 1. The van der Waals surface area contributed by atoms with Gasteiger partial charge in [-0.1, -0.05) is 30.0 Å². The lowest BCUT2D eigenvalue weighted by atomic mass is 9.96. The molecule has 3 atom stereocenters. The number of rotatable bonds is 2. The summed E-state index contributed by atoms with van der Waals surface area (Å²) in [4.78, 5) is 8.72. The van der Waals surface area contributed by atoms with E-state index in [9.17, 15) is 0 Å². The Morgan fingerprint density at radius 2 is 1.77 bits per heavy atom. The second-order valence-corrected chi connectivity index (χ2v) is 5.77. The maximum Gasteiger partial charge on any atom is 0.222 e. The third-order valence-corrected chi connectivity index (χ3v) is 4.20. The monoisotopic (exact) mass is 291 g/mol. The van der Waals surface area contributed by atoms with Gasteiger partial charge >= 0.3 is 0 Å². The van der Waals surface area contributed by atoms with Crippen LogP contribution in [0.2, 0.25) is 0 Å². The Balaban J connectivity index is 1.42. The van der Waals surface area contributed by atoms with Gasteiger partial charge in [-0.3, -0.25) is 0 Å². The van der Waals surface area contributed by atoms with Gasteiger partial charge in [0, 0.05) is 18.0 Å². The van der Waals surface area contributed by atoms with E-state index < -0.39 is 0 Å². The van der Waals surface area contributed by atoms with E-state index in [1.807, 2.05) is 30.3 Å². The zero-order valence-corrected chi connectivity index (χ0v) is 12.2. The maximum atomic E-state index is 5.83. The van der Waals surface area contributed by atoms with Gasteiger partial charge in [-0.15, -0.1) is 0 Å². The van der Waals surface area contributed by atoms with Gasteiger partial charge in [0.1, 0.15) is 0 Å². The number of hydrogen-bond donors (Lipinski definition) is 1. The molecule has 2 fully saturated rings. The van der Waals surface area contributed by atoms with Gasteiger partial charge in [-0.05, 0) is 31.4 Å². The first-order valence-electron chi connectivity index (χ1n) is 7.68. The minimum atomic E-state index is 0.325. The highest BCUT2D eigenvalue weighted by Crippen LogP contribution is 2.35. The summed E-state index contributed by atoms with van der Waals surface area (Å²) < 4.78 is 5.83. The molecule has 4 heteroatoms. The first-order chi connectivity index (χ1) is 10.9. The zero-order chi connectivity index (χ0) is 14.8. The molecular formula is C18H17N3O. The molecule has 110 valence electrons. The Morgan fingerprint density at radius 1 is 1.00 bits per heavy atom. The third kappa shape index (κ3) is 2.81. The second-order valence-electron chi connectivity index (χ2n) is 5.77. The third-order valence-electron chi connectivity index (χ3n) is 4.20. The molecule has 0 saturated carbocycles. The summed E-state index contributed by atoms with van der Waals surface area (Å²) in [6, 6.07) is 10.3. The summed E-state index contributed by atoms with van der Waals surface area (Å²) in [5.41, 5.74) is 1.81. The molecule has 4 nitrogen and oxygen atoms in total. The molecule has 1 aromatic heterocycles. The molecule has 1 aromatic carbocycles. The predicted molar refractivity (Wildman–Crippen MR) is 84.4 cm³/mol. The van der Waals surface area contributed by atoms with E-state index in [0.29, 0.717) is 24.2 Å². The Morgan fingerprint density at radius 3 is 2.45 bits per heavy atom. The topological polar surface area (TPSA) is 47.0 Å². The van der Waals surface area contributed by atoms with E-state index in [2.05, 4.69) is 27.1 Å². The van der Waals surface area contributed by atoms with E-state index in [4.69, 9.17) is 4.74 Å². The molecule has 2 saturated heterocycles. The predicted octanol–water partition coefficient (Wildman–Crippen LogP) is 2.61. The largest absolute Gasteiger partial charge is 0.373 e. The first kappa shape index (κ1) is 13.3. The van der Waals surface area contributed by atoms with E-state index in [-0.39, 0.29) is 0 Å². The van der Waals surface area contributed by atoms with E-state index in [0.717, 1.165) is 24.0 Å². The molecule has 2 aliphatic heterocycles. The van der Waals surface area contributed by atoms with Gasteiger partial charge in [0.25, 0.3) is 0 Å². The number of ether oxygens (including phenoxy) is 1. The van der Waals surface area contributed by atoms with Crippen LogP contribution in [-0.4, -0.2) is 28.2 Å². The van der Waals surface area contributed by atoms with Crippen LogP contribution in [0.1, 0.15) is 30.4 Å². The SMILES string of the molecule is C(#Cc1cnc(N[C@H]2C[C@@H]3CC[C@H]2O3)nc1)c1ccccc1. The Kier molecular flexibility index (Phi) is 3.49. The van der Waals surface area contributed by atoms with Crippen LogP contribution in [0.5, 0.6) is 0 Å². The van der Waals surface area contributed by atoms with Crippen LogP contribution < -0.4 is 5.32 Å². The molecular weight excluding hydrogens is 274 g/mol. The average molecular weight is 291 g/mol. The number of nitrogens with zero attached hydrogens (tertiary/aromatic N) is 2. The number of nitrogens with one attached hydrogen (secondary N) is 1. The fourth-order valence-electron chi connectivity index (χ4n) is 3.09. The lowest BCUT2D eigenvalue weighted by Crippen LogP contribution is -2.31. The van der Waals surface area contributed by atoms with Crippen LogP contribution in [0.4, 0.5) is 5.95 Å². The van der Waals surface area contributed by atoms with Crippen LogP contribution in [0.15, 0.2) is 42.7 Å². The number of hydrogen-bond acceptors (Lipinski definition) is 4. The molecule has 4 rings (SSSR count). The molecule has 2 aliphatic rings. The van der Waals surface area contributed by atoms with Crippen molar-refractivity contribution in [3.05, 3.63) is 53.9 Å². The Labute approximate surface area is 129 Å². The van der Waals surface area contributed by atoms with Gasteiger partial charge < -0.3 is 10.1 Å². The van der Waals surface area contributed by atoms with Crippen molar-refractivity contribution in [3.63, 3.8) is 0 Å². The van der Waals surface area contributed by atoms with Crippen molar-refractivity contribution in [2.24, 2.45) is 0 Å². The van der Waals surface area contributed by atoms with Gasteiger partial charge in [-0.25, -0.2) is 9.97 Å². The van der Waals surface area contributed by atoms with Crippen molar-refractivity contribution in [2.45, 2.75) is 37.5 Å². The minimum absolute atomic E-state index is 0.325. The quantitative estimate of drug-likeness (QED) is 0.864. The van der Waals surface area contributed by atoms with Crippen molar-refractivity contribution in [1.82, 2.24) is 9.97 Å². The molecule has 2 aromatic rings. The molecule has 0 spiro atoms. The molecule has 0 aliphatic carbocycles. The number of fused-ring (bicyclic) bond motifs is 2. The first-order valence-corrected chi connectivity index (χ1v) is 7.68. The highest BCUT2D eigenvalue weighted by Gasteiger charge is 2.40. The van der Waals surface area contributed by atoms with E-state index in [1.165, 1.54) is 6.42 Å². The summed E-state index contributed by atoms with van der Waals surface area (Å²) in [6.07, 6.45) is 7.67. The fraction of sp³-hybridized carbons (Fsp3) is 0.333. The number of benzene rings is 1. The molecule has 1 N–H and O–H groups in total. The smallest absolute Gasteiger partial charge is 0.222 e. The van der Waals surface area contributed by atoms with Crippen LogP contribution in [0, 0.1) is 11.8 Å². The average Bonchev–Trinajstić information content (AvgIpc) is 3.18. The highest BCUT2D eigenvalue weighted by atomic mass is 16.5. The van der Waals surface area contributed by atoms with Gasteiger partial charge in [0.2, 0.25) is 5.95 Å². The molecule has 3 heterocycles. The second kappa shape index (κ2) is 5.78. The normalized spacial score (nSPS) is 25.5. The van der Waals surface area contributed by atoms with Gasteiger partial charge in [-0.2, -0.15) is 0 Å². The van der Waals surface area contributed by atoms with E-state index >= 15 is 0 Å². The molecule has 0 unspecified atom stereocenters. The van der Waals surface area contributed by atoms with E-state index in [1.54, 1.807) is 12.4 Å². The Bertz CT molecular complexity index is 703. The van der Waals surface area contributed by atoms with Crippen LogP contribution >= 0.6 is 0 Å². The maximum absolute atomic E-state index is 5.83. The van der Waals surface area contributed by atoms with Crippen LogP contribution in [0.25, 0.3) is 0 Å². The van der Waals surface area contributed by atoms with Gasteiger partial charge in [0.15, 0.2) is 0 Å².